The van der Waals surface area contributed by atoms with Gasteiger partial charge >= 0.3 is 5.69 Å². The Balaban J connectivity index is 1.93. The molecule has 0 bridgehead atoms. The van der Waals surface area contributed by atoms with Gasteiger partial charge in [-0.1, -0.05) is 6.07 Å². The predicted molar refractivity (Wildman–Crippen MR) is 73.5 cm³/mol. The second-order valence-electron chi connectivity index (χ2n) is 5.37. The number of nitrogens with one attached hydrogen (secondary N) is 3. The summed E-state index contributed by atoms with van der Waals surface area (Å²) < 4.78 is 0. The first-order valence-corrected chi connectivity index (χ1v) is 6.15. The zero-order chi connectivity index (χ0) is 13.2. The third-order valence-electron chi connectivity index (χ3n) is 2.86. The van der Waals surface area contributed by atoms with Crippen LogP contribution < -0.4 is 16.7 Å². The summed E-state index contributed by atoms with van der Waals surface area (Å²) in [5.74, 6) is 0. The Labute approximate surface area is 106 Å². The van der Waals surface area contributed by atoms with Gasteiger partial charge in [0.05, 0.1) is 11.0 Å². The van der Waals surface area contributed by atoms with Crippen LogP contribution in [0.5, 0.6) is 0 Å². The van der Waals surface area contributed by atoms with E-state index in [4.69, 9.17) is 5.73 Å². The van der Waals surface area contributed by atoms with E-state index in [1.54, 1.807) is 0 Å². The smallest absolute Gasteiger partial charge is 0.323 e. The number of rotatable bonds is 5. The molecular weight excluding hydrogens is 228 g/mol. The number of benzene rings is 1. The summed E-state index contributed by atoms with van der Waals surface area (Å²) in [4.78, 5) is 16.6. The van der Waals surface area contributed by atoms with Gasteiger partial charge in [-0.2, -0.15) is 0 Å². The molecule has 1 aromatic carbocycles. The van der Waals surface area contributed by atoms with Gasteiger partial charge in [0, 0.05) is 12.1 Å². The minimum Gasteiger partial charge on any atom is -0.326 e. The molecular formula is C13H20N4O. The monoisotopic (exact) mass is 248 g/mol. The molecule has 5 N–H and O–H groups in total. The number of hydrogen-bond acceptors (Lipinski definition) is 3. The van der Waals surface area contributed by atoms with Crippen molar-refractivity contribution in [2.45, 2.75) is 32.4 Å². The molecule has 0 aliphatic heterocycles. The topological polar surface area (TPSA) is 86.7 Å². The zero-order valence-electron chi connectivity index (χ0n) is 10.8. The molecule has 2 aromatic rings. The molecule has 98 valence electrons. The highest BCUT2D eigenvalue weighted by Gasteiger charge is 2.09. The molecule has 18 heavy (non-hydrogen) atoms. The van der Waals surface area contributed by atoms with E-state index in [1.807, 2.05) is 32.0 Å². The lowest BCUT2D eigenvalue weighted by Gasteiger charge is -2.18. The van der Waals surface area contributed by atoms with E-state index >= 15 is 0 Å². The van der Waals surface area contributed by atoms with Gasteiger partial charge in [-0.25, -0.2) is 4.79 Å². The fourth-order valence-electron chi connectivity index (χ4n) is 1.83. The van der Waals surface area contributed by atoms with Crippen molar-refractivity contribution in [3.63, 3.8) is 0 Å². The lowest BCUT2D eigenvalue weighted by Crippen LogP contribution is -2.35. The second-order valence-corrected chi connectivity index (χ2v) is 5.37. The van der Waals surface area contributed by atoms with Gasteiger partial charge in [0.1, 0.15) is 0 Å². The molecule has 0 spiro atoms. The minimum absolute atomic E-state index is 0.136. The maximum Gasteiger partial charge on any atom is 0.323 e. The standard InChI is InChI=1S/C13H20N4O/c1-13(2,14)5-6-15-8-9-3-4-10-11(7-9)17-12(18)16-10/h3-4,7,15H,5-6,8,14H2,1-2H3,(H2,16,17,18). The molecule has 5 nitrogen and oxygen atoms in total. The first kappa shape index (κ1) is 12.9. The van der Waals surface area contributed by atoms with Crippen LogP contribution in [0, 0.1) is 0 Å². The summed E-state index contributed by atoms with van der Waals surface area (Å²) >= 11 is 0. The van der Waals surface area contributed by atoms with Crippen LogP contribution in [0.15, 0.2) is 23.0 Å². The number of imidazole rings is 1. The van der Waals surface area contributed by atoms with E-state index < -0.39 is 0 Å². The van der Waals surface area contributed by atoms with E-state index in [0.717, 1.165) is 36.1 Å². The van der Waals surface area contributed by atoms with Gasteiger partial charge in [0.15, 0.2) is 0 Å². The number of nitrogens with two attached hydrogens (primary N) is 1. The fourth-order valence-corrected chi connectivity index (χ4v) is 1.83. The van der Waals surface area contributed by atoms with Crippen LogP contribution in [0.25, 0.3) is 11.0 Å². The van der Waals surface area contributed by atoms with Crippen LogP contribution >= 0.6 is 0 Å². The van der Waals surface area contributed by atoms with Gasteiger partial charge < -0.3 is 21.0 Å². The number of hydrogen-bond donors (Lipinski definition) is 4. The van der Waals surface area contributed by atoms with Crippen LogP contribution in [0.2, 0.25) is 0 Å². The lowest BCUT2D eigenvalue weighted by atomic mass is 10.0. The molecule has 0 unspecified atom stereocenters. The minimum atomic E-state index is -0.167. The van der Waals surface area contributed by atoms with Crippen molar-refractivity contribution >= 4 is 11.0 Å². The van der Waals surface area contributed by atoms with E-state index in [1.165, 1.54) is 0 Å². The molecule has 0 saturated heterocycles. The SMILES string of the molecule is CC(C)(N)CCNCc1ccc2[nH]c(=O)[nH]c2c1. The highest BCUT2D eigenvalue weighted by molar-refractivity contribution is 5.74. The summed E-state index contributed by atoms with van der Waals surface area (Å²) in [5, 5.41) is 3.35. The van der Waals surface area contributed by atoms with E-state index in [-0.39, 0.29) is 11.2 Å². The first-order chi connectivity index (χ1) is 8.44. The summed E-state index contributed by atoms with van der Waals surface area (Å²) in [6.45, 7) is 5.70. The molecule has 0 saturated carbocycles. The maximum absolute atomic E-state index is 11.1. The molecule has 0 radical (unpaired) electrons. The van der Waals surface area contributed by atoms with Crippen molar-refractivity contribution in [1.29, 1.82) is 0 Å². The summed E-state index contributed by atoms with van der Waals surface area (Å²) in [6.07, 6.45) is 0.927. The molecule has 0 aliphatic rings. The van der Waals surface area contributed by atoms with Gasteiger partial charge in [-0.3, -0.25) is 0 Å². The number of H-pyrrole nitrogens is 2. The predicted octanol–water partition coefficient (Wildman–Crippen LogP) is 1.07. The molecule has 2 rings (SSSR count). The highest BCUT2D eigenvalue weighted by Crippen LogP contribution is 2.10. The van der Waals surface area contributed by atoms with E-state index in [9.17, 15) is 4.79 Å². The van der Waals surface area contributed by atoms with Gasteiger partial charge in [-0.05, 0) is 44.5 Å². The fraction of sp³-hybridized carbons (Fsp3) is 0.462. The lowest BCUT2D eigenvalue weighted by molar-refractivity contribution is 0.455. The van der Waals surface area contributed by atoms with Crippen molar-refractivity contribution in [3.8, 4) is 0 Å². The molecule has 0 atom stereocenters. The maximum atomic E-state index is 11.1. The summed E-state index contributed by atoms with van der Waals surface area (Å²) in [5.41, 5.74) is 8.44. The Morgan fingerprint density at radius 2 is 2.00 bits per heavy atom. The first-order valence-electron chi connectivity index (χ1n) is 6.15. The molecule has 0 aliphatic carbocycles. The molecule has 0 fully saturated rings. The van der Waals surface area contributed by atoms with Crippen LogP contribution in [-0.4, -0.2) is 22.1 Å². The average Bonchev–Trinajstić information content (AvgIpc) is 2.62. The molecule has 1 aromatic heterocycles. The van der Waals surface area contributed by atoms with Crippen LogP contribution in [0.1, 0.15) is 25.8 Å². The molecule has 5 heteroatoms. The highest BCUT2D eigenvalue weighted by atomic mass is 16.1. The van der Waals surface area contributed by atoms with Gasteiger partial charge in [0.25, 0.3) is 0 Å². The second kappa shape index (κ2) is 4.96. The number of aromatic amines is 2. The third kappa shape index (κ3) is 3.45. The van der Waals surface area contributed by atoms with Crippen LogP contribution in [-0.2, 0) is 6.54 Å². The van der Waals surface area contributed by atoms with Gasteiger partial charge in [-0.15, -0.1) is 0 Å². The van der Waals surface area contributed by atoms with Crippen LogP contribution in [0.3, 0.4) is 0 Å². The van der Waals surface area contributed by atoms with Crippen molar-refractivity contribution in [2.75, 3.05) is 6.54 Å². The van der Waals surface area contributed by atoms with E-state index in [0.29, 0.717) is 0 Å². The summed E-state index contributed by atoms with van der Waals surface area (Å²) in [7, 11) is 0. The third-order valence-corrected chi connectivity index (χ3v) is 2.86. The number of aromatic nitrogens is 2. The van der Waals surface area contributed by atoms with Crippen molar-refractivity contribution in [3.05, 3.63) is 34.2 Å². The van der Waals surface area contributed by atoms with Crippen molar-refractivity contribution < 1.29 is 0 Å². The molecule has 1 heterocycles. The Morgan fingerprint density at radius 1 is 1.28 bits per heavy atom. The van der Waals surface area contributed by atoms with Crippen molar-refractivity contribution in [2.24, 2.45) is 5.73 Å². The Morgan fingerprint density at radius 3 is 2.72 bits per heavy atom. The Bertz CT molecular complexity index is 576. The average molecular weight is 248 g/mol. The zero-order valence-corrected chi connectivity index (χ0v) is 10.8. The van der Waals surface area contributed by atoms with Crippen molar-refractivity contribution in [1.82, 2.24) is 15.3 Å². The number of fused-ring (bicyclic) bond motifs is 1. The van der Waals surface area contributed by atoms with Crippen LogP contribution in [0.4, 0.5) is 0 Å². The van der Waals surface area contributed by atoms with E-state index in [2.05, 4.69) is 15.3 Å². The normalized spacial score (nSPS) is 12.2. The Hall–Kier alpha value is -1.59. The van der Waals surface area contributed by atoms with Gasteiger partial charge in [0.2, 0.25) is 0 Å². The quantitative estimate of drug-likeness (QED) is 0.597. The summed E-state index contributed by atoms with van der Waals surface area (Å²) in [6, 6.07) is 5.90. The molecule has 0 amide bonds. The Kier molecular flexibility index (Phi) is 3.54. The largest absolute Gasteiger partial charge is 0.326 e.